The molecule has 2 aromatic rings. The Labute approximate surface area is 172 Å². The maximum absolute atomic E-state index is 12.9. The summed E-state index contributed by atoms with van der Waals surface area (Å²) in [5.74, 6) is -0.356. The Morgan fingerprint density at radius 2 is 2.03 bits per heavy atom. The molecule has 1 unspecified atom stereocenters. The van der Waals surface area contributed by atoms with Gasteiger partial charge in [0, 0.05) is 17.0 Å². The fourth-order valence-electron chi connectivity index (χ4n) is 3.61. The van der Waals surface area contributed by atoms with Crippen LogP contribution >= 0.6 is 11.3 Å². The lowest BCUT2D eigenvalue weighted by molar-refractivity contribution is -0.139. The molecule has 2 aliphatic heterocycles. The number of carbonyl (C=O) groups is 2. The lowest BCUT2D eigenvalue weighted by Crippen LogP contribution is -2.32. The Hall–Kier alpha value is -2.84. The summed E-state index contributed by atoms with van der Waals surface area (Å²) in [4.78, 5) is 30.1. The summed E-state index contributed by atoms with van der Waals surface area (Å²) in [6.45, 7) is 1.34. The molecule has 2 aliphatic rings. The van der Waals surface area contributed by atoms with E-state index in [2.05, 4.69) is 0 Å². The van der Waals surface area contributed by atoms with Crippen molar-refractivity contribution in [3.8, 4) is 11.5 Å². The van der Waals surface area contributed by atoms with Crippen molar-refractivity contribution in [3.63, 3.8) is 0 Å². The average Bonchev–Trinajstić information content (AvgIpc) is 3.43. The highest BCUT2D eigenvalue weighted by molar-refractivity contribution is 7.10. The number of aliphatic hydroxyl groups is 1. The van der Waals surface area contributed by atoms with Crippen LogP contribution in [0.4, 0.5) is 0 Å². The van der Waals surface area contributed by atoms with Gasteiger partial charge in [-0.1, -0.05) is 6.07 Å². The molecule has 29 heavy (non-hydrogen) atoms. The Morgan fingerprint density at radius 3 is 2.76 bits per heavy atom. The van der Waals surface area contributed by atoms with Crippen LogP contribution in [0.1, 0.15) is 22.9 Å². The van der Waals surface area contributed by atoms with Crippen LogP contribution in [0.15, 0.2) is 41.3 Å². The zero-order valence-electron chi connectivity index (χ0n) is 16.3. The molecule has 8 heteroatoms. The monoisotopic (exact) mass is 414 g/mol. The Bertz CT molecular complexity index is 967. The number of likely N-dealkylation sites (tertiary alicyclic amines) is 1. The van der Waals surface area contributed by atoms with Gasteiger partial charge in [-0.15, -0.1) is 11.3 Å². The number of rotatable bonds is 6. The molecule has 1 N–H and O–H groups in total. The van der Waals surface area contributed by atoms with Gasteiger partial charge in [-0.05, 0) is 56.7 Å². The summed E-state index contributed by atoms with van der Waals surface area (Å²) in [5.41, 5.74) is 0.531. The summed E-state index contributed by atoms with van der Waals surface area (Å²) in [6, 6.07) is 8.14. The molecule has 152 valence electrons. The van der Waals surface area contributed by atoms with Gasteiger partial charge in [-0.25, -0.2) is 0 Å². The van der Waals surface area contributed by atoms with Gasteiger partial charge in [0.2, 0.25) is 6.79 Å². The molecule has 4 rings (SSSR count). The van der Waals surface area contributed by atoms with Crippen molar-refractivity contribution >= 4 is 28.8 Å². The van der Waals surface area contributed by atoms with E-state index in [4.69, 9.17) is 9.47 Å². The number of thiophene rings is 1. The van der Waals surface area contributed by atoms with Gasteiger partial charge < -0.3 is 24.4 Å². The number of carbonyl (C=O) groups excluding carboxylic acids is 2. The smallest absolute Gasteiger partial charge is 0.295 e. The molecule has 1 fully saturated rings. The third kappa shape index (κ3) is 3.61. The van der Waals surface area contributed by atoms with Gasteiger partial charge in [0.15, 0.2) is 11.5 Å². The van der Waals surface area contributed by atoms with E-state index in [0.29, 0.717) is 23.6 Å². The average molecular weight is 414 g/mol. The van der Waals surface area contributed by atoms with Gasteiger partial charge in [0.1, 0.15) is 5.76 Å². The zero-order chi connectivity index (χ0) is 20.5. The third-order valence-electron chi connectivity index (χ3n) is 5.00. The van der Waals surface area contributed by atoms with E-state index in [-0.39, 0.29) is 18.1 Å². The van der Waals surface area contributed by atoms with Crippen molar-refractivity contribution in [1.29, 1.82) is 0 Å². The molecule has 1 aromatic heterocycles. The molecular formula is C21H22N2O5S. The number of aliphatic hydroxyl groups excluding tert-OH is 1. The van der Waals surface area contributed by atoms with E-state index in [1.165, 1.54) is 11.3 Å². The molecule has 1 amide bonds. The van der Waals surface area contributed by atoms with Gasteiger partial charge in [-0.2, -0.15) is 0 Å². The number of fused-ring (bicyclic) bond motifs is 1. The van der Waals surface area contributed by atoms with Crippen LogP contribution in [-0.2, 0) is 9.59 Å². The molecule has 0 bridgehead atoms. The number of amides is 1. The predicted molar refractivity (Wildman–Crippen MR) is 109 cm³/mol. The Balaban J connectivity index is 1.74. The van der Waals surface area contributed by atoms with Crippen LogP contribution in [-0.4, -0.2) is 60.6 Å². The number of Topliss-reactive ketones (excluding diaryl/α,β-unsaturated/α-hetero) is 1. The topological polar surface area (TPSA) is 79.3 Å². The highest BCUT2D eigenvalue weighted by Gasteiger charge is 2.46. The first-order valence-corrected chi connectivity index (χ1v) is 10.2. The number of nitrogens with zero attached hydrogens (tertiary/aromatic N) is 2. The van der Waals surface area contributed by atoms with E-state index in [1.54, 1.807) is 23.1 Å². The van der Waals surface area contributed by atoms with Crippen LogP contribution in [0, 0.1) is 0 Å². The quantitative estimate of drug-likeness (QED) is 0.445. The molecule has 0 saturated carbocycles. The Kier molecular flexibility index (Phi) is 5.29. The number of hydrogen-bond donors (Lipinski definition) is 1. The third-order valence-corrected chi connectivity index (χ3v) is 5.93. The minimum atomic E-state index is -0.664. The molecule has 1 saturated heterocycles. The Morgan fingerprint density at radius 1 is 1.24 bits per heavy atom. The fourth-order valence-corrected chi connectivity index (χ4v) is 4.46. The first kappa shape index (κ1) is 19.5. The molecule has 7 nitrogen and oxygen atoms in total. The normalized spacial score (nSPS) is 20.1. The molecule has 3 heterocycles. The number of hydrogen-bond acceptors (Lipinski definition) is 7. The van der Waals surface area contributed by atoms with Crippen LogP contribution in [0.2, 0.25) is 0 Å². The largest absolute Gasteiger partial charge is 0.507 e. The molecule has 0 radical (unpaired) electrons. The van der Waals surface area contributed by atoms with Gasteiger partial charge in [-0.3, -0.25) is 9.59 Å². The molecule has 0 spiro atoms. The minimum absolute atomic E-state index is 0.112. The lowest BCUT2D eigenvalue weighted by atomic mass is 9.99. The maximum atomic E-state index is 12.9. The highest BCUT2D eigenvalue weighted by Crippen LogP contribution is 2.42. The highest BCUT2D eigenvalue weighted by atomic mass is 32.1. The summed E-state index contributed by atoms with van der Waals surface area (Å²) >= 11 is 1.46. The lowest BCUT2D eigenvalue weighted by Gasteiger charge is -2.24. The van der Waals surface area contributed by atoms with Gasteiger partial charge >= 0.3 is 0 Å². The summed E-state index contributed by atoms with van der Waals surface area (Å²) in [5, 5.41) is 12.9. The predicted octanol–water partition coefficient (Wildman–Crippen LogP) is 2.85. The summed E-state index contributed by atoms with van der Waals surface area (Å²) < 4.78 is 10.7. The first-order chi connectivity index (χ1) is 14.0. The van der Waals surface area contributed by atoms with Crippen LogP contribution in [0.25, 0.3) is 5.76 Å². The number of ether oxygens (including phenoxy) is 2. The number of benzene rings is 1. The fraction of sp³-hybridized carbons (Fsp3) is 0.333. The molecule has 1 atom stereocenters. The van der Waals surface area contributed by atoms with Crippen molar-refractivity contribution in [3.05, 3.63) is 51.7 Å². The van der Waals surface area contributed by atoms with E-state index in [9.17, 15) is 14.7 Å². The van der Waals surface area contributed by atoms with E-state index >= 15 is 0 Å². The van der Waals surface area contributed by atoms with E-state index < -0.39 is 17.7 Å². The van der Waals surface area contributed by atoms with E-state index in [1.807, 2.05) is 36.5 Å². The number of ketones is 1. The van der Waals surface area contributed by atoms with Gasteiger partial charge in [0.25, 0.3) is 11.7 Å². The molecule has 0 aliphatic carbocycles. The van der Waals surface area contributed by atoms with Crippen LogP contribution < -0.4 is 9.47 Å². The van der Waals surface area contributed by atoms with Crippen molar-refractivity contribution in [2.24, 2.45) is 0 Å². The summed E-state index contributed by atoms with van der Waals surface area (Å²) in [7, 11) is 3.93. The first-order valence-electron chi connectivity index (χ1n) is 9.34. The van der Waals surface area contributed by atoms with Crippen LogP contribution in [0.3, 0.4) is 0 Å². The van der Waals surface area contributed by atoms with Crippen molar-refractivity contribution in [1.82, 2.24) is 9.80 Å². The standard InChI is InChI=1S/C21H22N2O5S/c1-22(2)8-4-9-23-18(16-5-3-10-29-16)17(20(25)21(23)26)19(24)13-6-7-14-15(11-13)28-12-27-14/h3,5-7,10-11,18,24H,4,8-9,12H2,1-2H3. The SMILES string of the molecule is CN(C)CCCN1C(=O)C(=O)C(=C(O)c2ccc3c(c2)OCO3)C1c1cccs1. The second-order valence-corrected chi connectivity index (χ2v) is 8.21. The minimum Gasteiger partial charge on any atom is -0.507 e. The van der Waals surface area contributed by atoms with Crippen molar-refractivity contribution < 1.29 is 24.2 Å². The second-order valence-electron chi connectivity index (χ2n) is 7.23. The van der Waals surface area contributed by atoms with E-state index in [0.717, 1.165) is 17.8 Å². The van der Waals surface area contributed by atoms with Crippen LogP contribution in [0.5, 0.6) is 11.5 Å². The van der Waals surface area contributed by atoms with Crippen molar-refractivity contribution in [2.45, 2.75) is 12.5 Å². The molecular weight excluding hydrogens is 392 g/mol. The van der Waals surface area contributed by atoms with Gasteiger partial charge in [0.05, 0.1) is 11.6 Å². The van der Waals surface area contributed by atoms with Crippen molar-refractivity contribution in [2.75, 3.05) is 34.0 Å². The second kappa shape index (κ2) is 7.88. The summed E-state index contributed by atoms with van der Waals surface area (Å²) in [6.07, 6.45) is 0.728. The zero-order valence-corrected chi connectivity index (χ0v) is 17.1. The maximum Gasteiger partial charge on any atom is 0.295 e. The molecule has 1 aromatic carbocycles.